The van der Waals surface area contributed by atoms with Gasteiger partial charge in [-0.05, 0) is 32.0 Å². The summed E-state index contributed by atoms with van der Waals surface area (Å²) < 4.78 is 6.51. The first-order valence-electron chi connectivity index (χ1n) is 7.21. The van der Waals surface area contributed by atoms with E-state index in [0.717, 1.165) is 5.69 Å². The topological polar surface area (TPSA) is 64.4 Å². The average Bonchev–Trinajstić information content (AvgIpc) is 3.03. The average molecular weight is 301 g/mol. The normalized spacial score (nSPS) is 10.3. The highest BCUT2D eigenvalue weighted by atomic mass is 16.5. The first-order valence-corrected chi connectivity index (χ1v) is 7.21. The van der Waals surface area contributed by atoms with Crippen molar-refractivity contribution in [1.82, 2.24) is 14.7 Å². The van der Waals surface area contributed by atoms with Crippen LogP contribution in [0, 0.1) is 0 Å². The van der Waals surface area contributed by atoms with Gasteiger partial charge in [0.1, 0.15) is 6.54 Å². The van der Waals surface area contributed by atoms with Gasteiger partial charge < -0.3 is 9.64 Å². The summed E-state index contributed by atoms with van der Waals surface area (Å²) >= 11 is 0. The molecule has 1 aromatic heterocycles. The lowest BCUT2D eigenvalue weighted by Crippen LogP contribution is -2.36. The molecule has 0 saturated heterocycles. The van der Waals surface area contributed by atoms with E-state index >= 15 is 0 Å². The molecule has 1 aromatic carbocycles. The standard InChI is InChI=1S/C16H19N3O3/c1-3-18(12-15(20)22-4-2)16(21)14-10-11-19(17-14)13-8-6-5-7-9-13/h5-11H,3-4,12H2,1-2H3. The molecule has 116 valence electrons. The summed E-state index contributed by atoms with van der Waals surface area (Å²) in [5.41, 5.74) is 1.17. The summed E-state index contributed by atoms with van der Waals surface area (Å²) in [6, 6.07) is 11.2. The fraction of sp³-hybridized carbons (Fsp3) is 0.312. The molecule has 0 saturated carbocycles. The van der Waals surface area contributed by atoms with Gasteiger partial charge in [-0.1, -0.05) is 18.2 Å². The van der Waals surface area contributed by atoms with Gasteiger partial charge in [0.15, 0.2) is 5.69 Å². The Bertz CT molecular complexity index is 637. The fourth-order valence-corrected chi connectivity index (χ4v) is 2.01. The molecule has 0 aliphatic carbocycles. The summed E-state index contributed by atoms with van der Waals surface area (Å²) in [5, 5.41) is 4.28. The molecule has 0 spiro atoms. The Hall–Kier alpha value is -2.63. The lowest BCUT2D eigenvalue weighted by Gasteiger charge is -2.18. The van der Waals surface area contributed by atoms with Crippen LogP contribution in [0.3, 0.4) is 0 Å². The van der Waals surface area contributed by atoms with E-state index in [1.54, 1.807) is 23.9 Å². The predicted molar refractivity (Wildman–Crippen MR) is 81.8 cm³/mol. The van der Waals surface area contributed by atoms with E-state index in [1.165, 1.54) is 4.90 Å². The maximum atomic E-state index is 12.4. The maximum Gasteiger partial charge on any atom is 0.325 e. The zero-order valence-electron chi connectivity index (χ0n) is 12.7. The molecule has 0 bridgehead atoms. The van der Waals surface area contributed by atoms with E-state index < -0.39 is 5.97 Å². The number of benzene rings is 1. The molecule has 0 N–H and O–H groups in total. The third-order valence-electron chi connectivity index (χ3n) is 3.12. The van der Waals surface area contributed by atoms with E-state index in [0.29, 0.717) is 18.8 Å². The minimum atomic E-state index is -0.416. The van der Waals surface area contributed by atoms with E-state index in [9.17, 15) is 9.59 Å². The lowest BCUT2D eigenvalue weighted by atomic mass is 10.3. The number of aromatic nitrogens is 2. The molecule has 6 heteroatoms. The second kappa shape index (κ2) is 7.40. The molecule has 1 amide bonds. The fourth-order valence-electron chi connectivity index (χ4n) is 2.01. The number of hydrogen-bond acceptors (Lipinski definition) is 4. The Morgan fingerprint density at radius 1 is 1.18 bits per heavy atom. The number of carbonyl (C=O) groups excluding carboxylic acids is 2. The Morgan fingerprint density at radius 2 is 1.91 bits per heavy atom. The number of amides is 1. The number of hydrogen-bond donors (Lipinski definition) is 0. The Morgan fingerprint density at radius 3 is 2.55 bits per heavy atom. The molecule has 1 heterocycles. The van der Waals surface area contributed by atoms with Crippen LogP contribution in [0.4, 0.5) is 0 Å². The van der Waals surface area contributed by atoms with Crippen LogP contribution >= 0.6 is 0 Å². The van der Waals surface area contributed by atoms with Crippen LogP contribution in [0.5, 0.6) is 0 Å². The van der Waals surface area contributed by atoms with Crippen LogP contribution in [-0.2, 0) is 9.53 Å². The zero-order chi connectivity index (χ0) is 15.9. The lowest BCUT2D eigenvalue weighted by molar-refractivity contribution is -0.143. The van der Waals surface area contributed by atoms with Crippen molar-refractivity contribution in [3.05, 3.63) is 48.3 Å². The quantitative estimate of drug-likeness (QED) is 0.764. The van der Waals surface area contributed by atoms with Gasteiger partial charge in [-0.3, -0.25) is 9.59 Å². The van der Waals surface area contributed by atoms with Gasteiger partial charge in [-0.15, -0.1) is 0 Å². The molecule has 2 aromatic rings. The molecule has 0 radical (unpaired) electrons. The van der Waals surface area contributed by atoms with Crippen molar-refractivity contribution in [3.8, 4) is 5.69 Å². The molecule has 0 aliphatic rings. The van der Waals surface area contributed by atoms with E-state index in [4.69, 9.17) is 4.74 Å². The van der Waals surface area contributed by atoms with Crippen LogP contribution in [0.1, 0.15) is 24.3 Å². The largest absolute Gasteiger partial charge is 0.465 e. The number of rotatable bonds is 6. The maximum absolute atomic E-state index is 12.4. The van der Waals surface area contributed by atoms with Crippen molar-refractivity contribution in [2.45, 2.75) is 13.8 Å². The minimum Gasteiger partial charge on any atom is -0.465 e. The van der Waals surface area contributed by atoms with Crippen LogP contribution < -0.4 is 0 Å². The van der Waals surface area contributed by atoms with Crippen molar-refractivity contribution in [1.29, 1.82) is 0 Å². The molecule has 0 unspecified atom stereocenters. The molecule has 2 rings (SSSR count). The summed E-state index contributed by atoms with van der Waals surface area (Å²) in [6.07, 6.45) is 1.72. The van der Waals surface area contributed by atoms with Gasteiger partial charge in [0, 0.05) is 12.7 Å². The van der Waals surface area contributed by atoms with Crippen molar-refractivity contribution >= 4 is 11.9 Å². The number of nitrogens with zero attached hydrogens (tertiary/aromatic N) is 3. The smallest absolute Gasteiger partial charge is 0.325 e. The van der Waals surface area contributed by atoms with Gasteiger partial charge in [-0.25, -0.2) is 4.68 Å². The van der Waals surface area contributed by atoms with Crippen LogP contribution in [0.2, 0.25) is 0 Å². The number of carbonyl (C=O) groups is 2. The van der Waals surface area contributed by atoms with Gasteiger partial charge in [0.2, 0.25) is 0 Å². The second-order valence-corrected chi connectivity index (χ2v) is 4.61. The number of esters is 1. The molecule has 6 nitrogen and oxygen atoms in total. The summed E-state index contributed by atoms with van der Waals surface area (Å²) in [6.45, 7) is 4.19. The van der Waals surface area contributed by atoms with E-state index in [-0.39, 0.29) is 12.5 Å². The number of ether oxygens (including phenoxy) is 1. The highest BCUT2D eigenvalue weighted by Gasteiger charge is 2.20. The molecular formula is C16H19N3O3. The van der Waals surface area contributed by atoms with Gasteiger partial charge in [-0.2, -0.15) is 5.10 Å². The molecule has 0 aliphatic heterocycles. The van der Waals surface area contributed by atoms with Crippen molar-refractivity contribution in [2.75, 3.05) is 19.7 Å². The van der Waals surface area contributed by atoms with Crippen molar-refractivity contribution in [3.63, 3.8) is 0 Å². The number of para-hydroxylation sites is 1. The van der Waals surface area contributed by atoms with Crippen LogP contribution in [-0.4, -0.2) is 46.3 Å². The van der Waals surface area contributed by atoms with Gasteiger partial charge in [0.25, 0.3) is 5.91 Å². The molecule has 22 heavy (non-hydrogen) atoms. The number of likely N-dealkylation sites (N-methyl/N-ethyl adjacent to an activating group) is 1. The predicted octanol–water partition coefficient (Wildman–Crippen LogP) is 1.90. The van der Waals surface area contributed by atoms with Gasteiger partial charge >= 0.3 is 5.97 Å². The molecule has 0 atom stereocenters. The van der Waals surface area contributed by atoms with Crippen LogP contribution in [0.15, 0.2) is 42.6 Å². The van der Waals surface area contributed by atoms with E-state index in [2.05, 4.69) is 5.10 Å². The third-order valence-corrected chi connectivity index (χ3v) is 3.12. The van der Waals surface area contributed by atoms with Crippen molar-refractivity contribution < 1.29 is 14.3 Å². The van der Waals surface area contributed by atoms with E-state index in [1.807, 2.05) is 37.3 Å². The second-order valence-electron chi connectivity index (χ2n) is 4.61. The molecule has 0 fully saturated rings. The third kappa shape index (κ3) is 3.72. The zero-order valence-corrected chi connectivity index (χ0v) is 12.7. The highest BCUT2D eigenvalue weighted by Crippen LogP contribution is 2.09. The highest BCUT2D eigenvalue weighted by molar-refractivity contribution is 5.94. The summed E-state index contributed by atoms with van der Waals surface area (Å²) in [5.74, 6) is -0.703. The monoisotopic (exact) mass is 301 g/mol. The Balaban J connectivity index is 2.12. The first-order chi connectivity index (χ1) is 10.7. The SMILES string of the molecule is CCOC(=O)CN(CC)C(=O)c1ccn(-c2ccccc2)n1. The van der Waals surface area contributed by atoms with Gasteiger partial charge in [0.05, 0.1) is 12.3 Å². The summed E-state index contributed by atoms with van der Waals surface area (Å²) in [7, 11) is 0. The Labute approximate surface area is 129 Å². The Kier molecular flexibility index (Phi) is 5.30. The van der Waals surface area contributed by atoms with Crippen molar-refractivity contribution in [2.24, 2.45) is 0 Å². The van der Waals surface area contributed by atoms with Crippen LogP contribution in [0.25, 0.3) is 5.69 Å². The summed E-state index contributed by atoms with van der Waals surface area (Å²) in [4.78, 5) is 25.3. The minimum absolute atomic E-state index is 0.0681. The molecular weight excluding hydrogens is 282 g/mol. The first kappa shape index (κ1) is 15.8.